The fourth-order valence-corrected chi connectivity index (χ4v) is 4.70. The molecule has 1 saturated heterocycles. The van der Waals surface area contributed by atoms with Crippen LogP contribution in [0.15, 0.2) is 18.5 Å². The van der Waals surface area contributed by atoms with E-state index >= 15 is 0 Å². The van der Waals surface area contributed by atoms with Gasteiger partial charge in [-0.25, -0.2) is 13.4 Å². The standard InChI is InChI=1S/C21H25N7O4S/c1-13-11-31-6-5-18(13)28-15(8-22)7-14-9-23-21(25-19(14)28)24-17-10-27(12-33(2,29)30)26-20(17)32-16-3-4-16/h7,9-10,13,16,18H,3-6,11-12H2,1-2H3,(H,23,24,25)/t13-,18-/m1/s1. The van der Waals surface area contributed by atoms with Crippen LogP contribution in [0.4, 0.5) is 11.6 Å². The molecule has 0 bridgehead atoms. The molecule has 11 nitrogen and oxygen atoms in total. The van der Waals surface area contributed by atoms with Gasteiger partial charge in [0.15, 0.2) is 9.84 Å². The second-order valence-electron chi connectivity index (χ2n) is 8.78. The van der Waals surface area contributed by atoms with Crippen LogP contribution >= 0.6 is 0 Å². The van der Waals surface area contributed by atoms with Crippen molar-refractivity contribution in [2.75, 3.05) is 24.8 Å². The Morgan fingerprint density at radius 3 is 2.88 bits per heavy atom. The first-order chi connectivity index (χ1) is 15.8. The molecule has 5 rings (SSSR count). The van der Waals surface area contributed by atoms with E-state index in [0.717, 1.165) is 30.9 Å². The van der Waals surface area contributed by atoms with Gasteiger partial charge in [0.25, 0.3) is 5.88 Å². The van der Waals surface area contributed by atoms with E-state index in [1.807, 2.05) is 4.57 Å². The topological polar surface area (TPSA) is 137 Å². The second-order valence-corrected chi connectivity index (χ2v) is 10.9. The van der Waals surface area contributed by atoms with Crippen LogP contribution in [-0.4, -0.2) is 58.3 Å². The molecular weight excluding hydrogens is 446 g/mol. The molecule has 0 radical (unpaired) electrons. The van der Waals surface area contributed by atoms with Gasteiger partial charge < -0.3 is 19.4 Å². The van der Waals surface area contributed by atoms with Crippen LogP contribution < -0.4 is 10.1 Å². The zero-order valence-corrected chi connectivity index (χ0v) is 19.2. The largest absolute Gasteiger partial charge is 0.472 e. The highest BCUT2D eigenvalue weighted by atomic mass is 32.2. The molecule has 2 aliphatic rings. The van der Waals surface area contributed by atoms with Crippen molar-refractivity contribution < 1.29 is 17.9 Å². The average Bonchev–Trinajstić information content (AvgIpc) is 3.39. The Morgan fingerprint density at radius 2 is 2.18 bits per heavy atom. The van der Waals surface area contributed by atoms with Gasteiger partial charge in [-0.3, -0.25) is 4.68 Å². The van der Waals surface area contributed by atoms with Crippen LogP contribution in [0.2, 0.25) is 0 Å². The van der Waals surface area contributed by atoms with Crippen LogP contribution in [0.5, 0.6) is 5.88 Å². The minimum Gasteiger partial charge on any atom is -0.472 e. The monoisotopic (exact) mass is 471 g/mol. The van der Waals surface area contributed by atoms with E-state index in [1.54, 1.807) is 18.5 Å². The van der Waals surface area contributed by atoms with Gasteiger partial charge in [0.1, 0.15) is 35.1 Å². The fourth-order valence-electron chi connectivity index (χ4n) is 4.09. The number of ether oxygens (including phenoxy) is 2. The molecular formula is C21H25N7O4S. The van der Waals surface area contributed by atoms with Gasteiger partial charge in [-0.15, -0.1) is 5.10 Å². The van der Waals surface area contributed by atoms with Crippen LogP contribution in [0.1, 0.15) is 37.9 Å². The summed E-state index contributed by atoms with van der Waals surface area (Å²) in [7, 11) is -3.28. The summed E-state index contributed by atoms with van der Waals surface area (Å²) in [5.41, 5.74) is 1.69. The van der Waals surface area contributed by atoms with Crippen molar-refractivity contribution in [2.45, 2.75) is 44.2 Å². The average molecular weight is 472 g/mol. The quantitative estimate of drug-likeness (QED) is 0.550. The molecule has 12 heteroatoms. The summed E-state index contributed by atoms with van der Waals surface area (Å²) in [6.45, 7) is 3.37. The Hall–Kier alpha value is -3.17. The fraction of sp³-hybridized carbons (Fsp3) is 0.524. The molecule has 174 valence electrons. The van der Waals surface area contributed by atoms with Gasteiger partial charge in [-0.1, -0.05) is 6.92 Å². The number of nitrogens with one attached hydrogen (secondary N) is 1. The number of aromatic nitrogens is 5. The normalized spacial score (nSPS) is 21.1. The lowest BCUT2D eigenvalue weighted by Crippen LogP contribution is -2.28. The van der Waals surface area contributed by atoms with Crippen molar-refractivity contribution in [1.82, 2.24) is 24.3 Å². The first kappa shape index (κ1) is 21.7. The highest BCUT2D eigenvalue weighted by molar-refractivity contribution is 7.89. The Bertz CT molecular complexity index is 1340. The molecule has 33 heavy (non-hydrogen) atoms. The van der Waals surface area contributed by atoms with E-state index < -0.39 is 9.84 Å². The van der Waals surface area contributed by atoms with Crippen molar-refractivity contribution in [3.63, 3.8) is 0 Å². The molecule has 2 atom stereocenters. The molecule has 1 saturated carbocycles. The molecule has 1 N–H and O–H groups in total. The number of rotatable bonds is 7. The molecule has 1 aliphatic carbocycles. The molecule has 3 aromatic rings. The third-order valence-electron chi connectivity index (χ3n) is 5.76. The lowest BCUT2D eigenvalue weighted by molar-refractivity contribution is 0.0296. The Labute approximate surface area is 191 Å². The van der Waals surface area contributed by atoms with Crippen LogP contribution in [0.3, 0.4) is 0 Å². The van der Waals surface area contributed by atoms with Crippen molar-refractivity contribution in [3.05, 3.63) is 24.2 Å². The minimum absolute atomic E-state index is 0.0842. The summed E-state index contributed by atoms with van der Waals surface area (Å²) in [6.07, 6.45) is 7.16. The maximum atomic E-state index is 11.7. The van der Waals surface area contributed by atoms with Crippen molar-refractivity contribution in [1.29, 1.82) is 5.26 Å². The van der Waals surface area contributed by atoms with E-state index in [9.17, 15) is 13.7 Å². The zero-order chi connectivity index (χ0) is 23.2. The van der Waals surface area contributed by atoms with E-state index in [0.29, 0.717) is 42.1 Å². The lowest BCUT2D eigenvalue weighted by Gasteiger charge is -2.31. The van der Waals surface area contributed by atoms with Crippen molar-refractivity contribution in [2.24, 2.45) is 5.92 Å². The third-order valence-corrected chi connectivity index (χ3v) is 6.49. The number of hydrogen-bond acceptors (Lipinski definition) is 9. The maximum Gasteiger partial charge on any atom is 0.257 e. The minimum atomic E-state index is -3.28. The first-order valence-corrected chi connectivity index (χ1v) is 12.9. The second kappa shape index (κ2) is 8.31. The van der Waals surface area contributed by atoms with Gasteiger partial charge in [0.05, 0.1) is 12.8 Å². The lowest BCUT2D eigenvalue weighted by atomic mass is 9.97. The molecule has 3 aromatic heterocycles. The maximum absolute atomic E-state index is 11.7. The number of sulfone groups is 1. The van der Waals surface area contributed by atoms with Crippen LogP contribution in [0.25, 0.3) is 11.0 Å². The Kier molecular flexibility index (Phi) is 5.46. The SMILES string of the molecule is C[C@@H]1COCC[C@H]1n1c(C#N)cc2cnc(Nc3cn(CS(C)(=O)=O)nc3OC3CC3)nc21. The molecule has 2 fully saturated rings. The number of hydrogen-bond donors (Lipinski definition) is 1. The third kappa shape index (κ3) is 4.65. The van der Waals surface area contributed by atoms with Crippen molar-refractivity contribution >= 4 is 32.5 Å². The summed E-state index contributed by atoms with van der Waals surface area (Å²) in [6, 6.07) is 4.17. The Morgan fingerprint density at radius 1 is 1.36 bits per heavy atom. The summed E-state index contributed by atoms with van der Waals surface area (Å²) < 4.78 is 38.2. The number of nitriles is 1. The van der Waals surface area contributed by atoms with Crippen LogP contribution in [0, 0.1) is 17.2 Å². The zero-order valence-electron chi connectivity index (χ0n) is 18.4. The molecule has 0 aromatic carbocycles. The molecule has 1 aliphatic heterocycles. The Balaban J connectivity index is 1.50. The highest BCUT2D eigenvalue weighted by Gasteiger charge is 2.29. The molecule has 0 amide bonds. The summed E-state index contributed by atoms with van der Waals surface area (Å²) in [5, 5.41) is 17.9. The van der Waals surface area contributed by atoms with E-state index in [1.165, 1.54) is 4.68 Å². The summed E-state index contributed by atoms with van der Waals surface area (Å²) in [4.78, 5) is 9.10. The summed E-state index contributed by atoms with van der Waals surface area (Å²) in [5.74, 6) is 0.605. The summed E-state index contributed by atoms with van der Waals surface area (Å²) >= 11 is 0. The van der Waals surface area contributed by atoms with E-state index in [-0.39, 0.29) is 23.9 Å². The first-order valence-electron chi connectivity index (χ1n) is 10.9. The smallest absolute Gasteiger partial charge is 0.257 e. The van der Waals surface area contributed by atoms with E-state index in [4.69, 9.17) is 14.5 Å². The van der Waals surface area contributed by atoms with Crippen molar-refractivity contribution in [3.8, 4) is 11.9 Å². The number of anilines is 2. The number of fused-ring (bicyclic) bond motifs is 1. The van der Waals surface area contributed by atoms with Crippen LogP contribution in [-0.2, 0) is 20.5 Å². The highest BCUT2D eigenvalue weighted by Crippen LogP contribution is 2.34. The van der Waals surface area contributed by atoms with Gasteiger partial charge in [-0.2, -0.15) is 10.2 Å². The van der Waals surface area contributed by atoms with Gasteiger partial charge in [0, 0.05) is 36.4 Å². The molecule has 0 unspecified atom stereocenters. The molecule has 0 spiro atoms. The van der Waals surface area contributed by atoms with Gasteiger partial charge in [-0.05, 0) is 25.3 Å². The van der Waals surface area contributed by atoms with Gasteiger partial charge in [0.2, 0.25) is 5.95 Å². The predicted octanol–water partition coefficient (Wildman–Crippen LogP) is 2.38. The molecule has 4 heterocycles. The van der Waals surface area contributed by atoms with Gasteiger partial charge >= 0.3 is 0 Å². The number of nitrogens with zero attached hydrogens (tertiary/aromatic N) is 6. The van der Waals surface area contributed by atoms with E-state index in [2.05, 4.69) is 28.4 Å². The predicted molar refractivity (Wildman–Crippen MR) is 120 cm³/mol.